The SMILES string of the molecule is CC(=O)C1CCC(N2CCC(C)CC2)CC1. The Balaban J connectivity index is 1.78. The molecule has 0 N–H and O–H groups in total. The summed E-state index contributed by atoms with van der Waals surface area (Å²) in [4.78, 5) is 14.0. The van der Waals surface area contributed by atoms with Crippen LogP contribution in [0.3, 0.4) is 0 Å². The Bertz CT molecular complexity index is 235. The number of likely N-dealkylation sites (tertiary alicyclic amines) is 1. The molecule has 1 heterocycles. The van der Waals surface area contributed by atoms with Gasteiger partial charge in [0.25, 0.3) is 0 Å². The molecule has 0 radical (unpaired) electrons. The number of rotatable bonds is 2. The Kier molecular flexibility index (Phi) is 4.01. The number of Topliss-reactive ketones (excluding diaryl/α,β-unsaturated/α-hetero) is 1. The summed E-state index contributed by atoms with van der Waals surface area (Å²) in [5, 5.41) is 0. The highest BCUT2D eigenvalue weighted by atomic mass is 16.1. The number of ketones is 1. The van der Waals surface area contributed by atoms with Crippen LogP contribution >= 0.6 is 0 Å². The van der Waals surface area contributed by atoms with E-state index in [-0.39, 0.29) is 0 Å². The molecule has 0 aromatic rings. The molecule has 0 aromatic heterocycles. The van der Waals surface area contributed by atoms with Gasteiger partial charge in [-0.15, -0.1) is 0 Å². The lowest BCUT2D eigenvalue weighted by Crippen LogP contribution is -2.43. The summed E-state index contributed by atoms with van der Waals surface area (Å²) in [7, 11) is 0. The van der Waals surface area contributed by atoms with Gasteiger partial charge in [-0.3, -0.25) is 4.79 Å². The molecule has 0 bridgehead atoms. The van der Waals surface area contributed by atoms with Gasteiger partial charge >= 0.3 is 0 Å². The van der Waals surface area contributed by atoms with Gasteiger partial charge in [-0.1, -0.05) is 6.92 Å². The van der Waals surface area contributed by atoms with Crippen molar-refractivity contribution in [1.82, 2.24) is 4.90 Å². The van der Waals surface area contributed by atoms with Gasteiger partial charge in [-0.25, -0.2) is 0 Å². The van der Waals surface area contributed by atoms with Gasteiger partial charge in [-0.2, -0.15) is 0 Å². The van der Waals surface area contributed by atoms with Gasteiger partial charge in [0.05, 0.1) is 0 Å². The smallest absolute Gasteiger partial charge is 0.132 e. The topological polar surface area (TPSA) is 20.3 Å². The first-order valence-corrected chi connectivity index (χ1v) is 6.91. The normalized spacial score (nSPS) is 33.9. The Hall–Kier alpha value is -0.370. The number of hydrogen-bond acceptors (Lipinski definition) is 2. The van der Waals surface area contributed by atoms with E-state index in [4.69, 9.17) is 0 Å². The van der Waals surface area contributed by atoms with Gasteiger partial charge < -0.3 is 4.90 Å². The molecule has 0 unspecified atom stereocenters. The van der Waals surface area contributed by atoms with E-state index in [2.05, 4.69) is 11.8 Å². The predicted molar refractivity (Wildman–Crippen MR) is 66.4 cm³/mol. The highest BCUT2D eigenvalue weighted by molar-refractivity contribution is 5.78. The van der Waals surface area contributed by atoms with Crippen LogP contribution in [0.25, 0.3) is 0 Å². The van der Waals surface area contributed by atoms with E-state index in [1.165, 1.54) is 38.8 Å². The van der Waals surface area contributed by atoms with Crippen molar-refractivity contribution in [2.45, 2.75) is 58.4 Å². The third-order valence-corrected chi connectivity index (χ3v) is 4.61. The summed E-state index contributed by atoms with van der Waals surface area (Å²) in [6.07, 6.45) is 7.49. The molecule has 2 fully saturated rings. The minimum Gasteiger partial charge on any atom is -0.300 e. The molecule has 2 aliphatic rings. The summed E-state index contributed by atoms with van der Waals surface area (Å²) < 4.78 is 0. The summed E-state index contributed by atoms with van der Waals surface area (Å²) in [5.41, 5.74) is 0. The zero-order valence-electron chi connectivity index (χ0n) is 10.7. The fraction of sp³-hybridized carbons (Fsp3) is 0.929. The van der Waals surface area contributed by atoms with E-state index in [9.17, 15) is 4.79 Å². The Morgan fingerprint density at radius 1 is 1.00 bits per heavy atom. The Labute approximate surface area is 99.4 Å². The molecule has 92 valence electrons. The largest absolute Gasteiger partial charge is 0.300 e. The van der Waals surface area contributed by atoms with E-state index in [1.54, 1.807) is 6.92 Å². The van der Waals surface area contributed by atoms with Crippen molar-refractivity contribution >= 4 is 5.78 Å². The standard InChI is InChI=1S/C14H25NO/c1-11-7-9-15(10-8-11)14-5-3-13(4-6-14)12(2)16/h11,13-14H,3-10H2,1-2H3. The van der Waals surface area contributed by atoms with Crippen molar-refractivity contribution in [3.05, 3.63) is 0 Å². The van der Waals surface area contributed by atoms with E-state index in [1.807, 2.05) is 0 Å². The molecule has 0 atom stereocenters. The molecule has 1 saturated heterocycles. The summed E-state index contributed by atoms with van der Waals surface area (Å²) in [6, 6.07) is 0.781. The van der Waals surface area contributed by atoms with Crippen LogP contribution in [0.5, 0.6) is 0 Å². The molecule has 0 amide bonds. The maximum atomic E-state index is 11.3. The quantitative estimate of drug-likeness (QED) is 0.717. The van der Waals surface area contributed by atoms with E-state index < -0.39 is 0 Å². The summed E-state index contributed by atoms with van der Waals surface area (Å²) in [5.74, 6) is 1.70. The zero-order valence-corrected chi connectivity index (χ0v) is 10.7. The summed E-state index contributed by atoms with van der Waals surface area (Å²) in [6.45, 7) is 6.70. The first-order valence-electron chi connectivity index (χ1n) is 6.91. The van der Waals surface area contributed by atoms with Gasteiger partial charge in [-0.05, 0) is 64.5 Å². The van der Waals surface area contributed by atoms with Crippen molar-refractivity contribution in [3.63, 3.8) is 0 Å². The van der Waals surface area contributed by atoms with Crippen molar-refractivity contribution in [3.8, 4) is 0 Å². The number of nitrogens with zero attached hydrogens (tertiary/aromatic N) is 1. The van der Waals surface area contributed by atoms with Gasteiger partial charge in [0.1, 0.15) is 5.78 Å². The Morgan fingerprint density at radius 2 is 1.56 bits per heavy atom. The lowest BCUT2D eigenvalue weighted by Gasteiger charge is -2.39. The van der Waals surface area contributed by atoms with Crippen molar-refractivity contribution in [2.75, 3.05) is 13.1 Å². The molecular weight excluding hydrogens is 198 g/mol. The number of hydrogen-bond donors (Lipinski definition) is 0. The average Bonchev–Trinajstić information content (AvgIpc) is 2.30. The van der Waals surface area contributed by atoms with E-state index >= 15 is 0 Å². The van der Waals surface area contributed by atoms with Crippen LogP contribution in [0.2, 0.25) is 0 Å². The molecule has 0 spiro atoms. The molecule has 2 nitrogen and oxygen atoms in total. The molecular formula is C14H25NO. The van der Waals surface area contributed by atoms with Crippen LogP contribution in [-0.4, -0.2) is 29.8 Å². The fourth-order valence-electron chi connectivity index (χ4n) is 3.24. The van der Waals surface area contributed by atoms with Crippen molar-refractivity contribution < 1.29 is 4.79 Å². The second kappa shape index (κ2) is 5.31. The molecule has 16 heavy (non-hydrogen) atoms. The predicted octanol–water partition coefficient (Wildman–Crippen LogP) is 2.87. The van der Waals surface area contributed by atoms with Gasteiger partial charge in [0, 0.05) is 12.0 Å². The highest BCUT2D eigenvalue weighted by Crippen LogP contribution is 2.30. The van der Waals surface area contributed by atoms with Gasteiger partial charge in [0.2, 0.25) is 0 Å². The second-order valence-corrected chi connectivity index (χ2v) is 5.83. The number of carbonyl (C=O) groups is 1. The molecule has 1 aliphatic carbocycles. The van der Waals surface area contributed by atoms with E-state index in [0.29, 0.717) is 11.7 Å². The van der Waals surface area contributed by atoms with Crippen LogP contribution in [0.1, 0.15) is 52.4 Å². The van der Waals surface area contributed by atoms with Crippen LogP contribution < -0.4 is 0 Å². The summed E-state index contributed by atoms with van der Waals surface area (Å²) >= 11 is 0. The molecule has 0 aromatic carbocycles. The van der Waals surface area contributed by atoms with E-state index in [0.717, 1.165) is 24.8 Å². The number of carbonyl (C=O) groups excluding carboxylic acids is 1. The lowest BCUT2D eigenvalue weighted by molar-refractivity contribution is -0.122. The minimum absolute atomic E-state index is 0.375. The maximum absolute atomic E-state index is 11.3. The van der Waals surface area contributed by atoms with Gasteiger partial charge in [0.15, 0.2) is 0 Å². The Morgan fingerprint density at radius 3 is 2.06 bits per heavy atom. The first kappa shape index (κ1) is 12.1. The highest BCUT2D eigenvalue weighted by Gasteiger charge is 2.29. The lowest BCUT2D eigenvalue weighted by atomic mass is 9.82. The minimum atomic E-state index is 0.375. The van der Waals surface area contributed by atoms with Crippen LogP contribution in [-0.2, 0) is 4.79 Å². The van der Waals surface area contributed by atoms with Crippen molar-refractivity contribution in [2.24, 2.45) is 11.8 Å². The second-order valence-electron chi connectivity index (χ2n) is 5.83. The van der Waals surface area contributed by atoms with Crippen LogP contribution in [0, 0.1) is 11.8 Å². The van der Waals surface area contributed by atoms with Crippen LogP contribution in [0.15, 0.2) is 0 Å². The fourth-order valence-corrected chi connectivity index (χ4v) is 3.24. The zero-order chi connectivity index (χ0) is 11.5. The molecule has 2 heteroatoms. The third kappa shape index (κ3) is 2.85. The maximum Gasteiger partial charge on any atom is 0.132 e. The third-order valence-electron chi connectivity index (χ3n) is 4.61. The molecule has 2 rings (SSSR count). The number of piperidine rings is 1. The van der Waals surface area contributed by atoms with Crippen LogP contribution in [0.4, 0.5) is 0 Å². The van der Waals surface area contributed by atoms with Crippen molar-refractivity contribution in [1.29, 1.82) is 0 Å². The average molecular weight is 223 g/mol. The first-order chi connectivity index (χ1) is 7.66. The molecule has 1 saturated carbocycles. The molecule has 1 aliphatic heterocycles. The monoisotopic (exact) mass is 223 g/mol.